The molecule has 0 saturated heterocycles. The first-order valence-electron chi connectivity index (χ1n) is 11.1. The molecule has 2 aromatic carbocycles. The molecular formula is C26H30N4O5. The Labute approximate surface area is 204 Å². The van der Waals surface area contributed by atoms with Crippen LogP contribution in [-0.4, -0.2) is 53.6 Å². The number of amides is 2. The van der Waals surface area contributed by atoms with E-state index in [4.69, 9.17) is 14.6 Å². The molecule has 0 aliphatic heterocycles. The highest BCUT2D eigenvalue weighted by Crippen LogP contribution is 2.34. The summed E-state index contributed by atoms with van der Waals surface area (Å²) in [5, 5.41) is 7.39. The van der Waals surface area contributed by atoms with E-state index in [1.807, 2.05) is 60.7 Å². The number of hydrogen-bond acceptors (Lipinski definition) is 6. The summed E-state index contributed by atoms with van der Waals surface area (Å²) in [5.74, 6) is -0.995. The van der Waals surface area contributed by atoms with Gasteiger partial charge in [-0.25, -0.2) is 14.3 Å². The molecule has 0 bridgehead atoms. The van der Waals surface area contributed by atoms with Crippen molar-refractivity contribution in [3.05, 3.63) is 66.2 Å². The third kappa shape index (κ3) is 5.87. The van der Waals surface area contributed by atoms with Gasteiger partial charge in [-0.3, -0.25) is 9.69 Å². The molecule has 1 N–H and O–H groups in total. The van der Waals surface area contributed by atoms with Gasteiger partial charge in [-0.1, -0.05) is 48.5 Å². The molecule has 3 rings (SSSR count). The summed E-state index contributed by atoms with van der Waals surface area (Å²) >= 11 is 0. The van der Waals surface area contributed by atoms with E-state index in [9.17, 15) is 14.4 Å². The number of hydrogen-bond donors (Lipinski definition) is 1. The molecule has 0 aliphatic carbocycles. The van der Waals surface area contributed by atoms with Crippen LogP contribution in [0.25, 0.3) is 16.9 Å². The molecule has 3 aromatic rings. The third-order valence-electron chi connectivity index (χ3n) is 5.02. The molecular weight excluding hydrogens is 448 g/mol. The van der Waals surface area contributed by atoms with Gasteiger partial charge in [0, 0.05) is 12.6 Å². The van der Waals surface area contributed by atoms with E-state index < -0.39 is 29.6 Å². The fourth-order valence-electron chi connectivity index (χ4n) is 3.40. The fourth-order valence-corrected chi connectivity index (χ4v) is 3.40. The summed E-state index contributed by atoms with van der Waals surface area (Å²) in [4.78, 5) is 39.9. The van der Waals surface area contributed by atoms with Crippen molar-refractivity contribution in [3.63, 3.8) is 0 Å². The van der Waals surface area contributed by atoms with Gasteiger partial charge < -0.3 is 14.8 Å². The number of anilines is 1. The van der Waals surface area contributed by atoms with Gasteiger partial charge >= 0.3 is 12.1 Å². The predicted octanol–water partition coefficient (Wildman–Crippen LogP) is 4.20. The Hall–Kier alpha value is -4.14. The summed E-state index contributed by atoms with van der Waals surface area (Å²) < 4.78 is 11.8. The zero-order valence-corrected chi connectivity index (χ0v) is 20.7. The number of rotatable bonds is 6. The fraction of sp³-hybridized carbons (Fsp3) is 0.308. The van der Waals surface area contributed by atoms with E-state index in [1.165, 1.54) is 30.7 Å². The molecule has 0 fully saturated rings. The summed E-state index contributed by atoms with van der Waals surface area (Å²) in [6, 6.07) is 17.4. The van der Waals surface area contributed by atoms with Gasteiger partial charge in [-0.05, 0) is 39.8 Å². The second-order valence-electron chi connectivity index (χ2n) is 8.92. The number of nitrogens with zero attached hydrogens (tertiary/aromatic N) is 3. The van der Waals surface area contributed by atoms with Crippen molar-refractivity contribution in [2.75, 3.05) is 19.1 Å². The molecule has 1 aromatic heterocycles. The number of methoxy groups -OCH3 is 1. The van der Waals surface area contributed by atoms with Gasteiger partial charge in [0.25, 0.3) is 5.91 Å². The smallest absolute Gasteiger partial charge is 0.415 e. The molecule has 2 amide bonds. The number of esters is 1. The summed E-state index contributed by atoms with van der Waals surface area (Å²) in [7, 11) is 2.76. The second kappa shape index (κ2) is 10.4. The van der Waals surface area contributed by atoms with Gasteiger partial charge in [-0.2, -0.15) is 5.10 Å². The maximum Gasteiger partial charge on any atom is 0.415 e. The number of aromatic nitrogens is 2. The predicted molar refractivity (Wildman–Crippen MR) is 133 cm³/mol. The summed E-state index contributed by atoms with van der Waals surface area (Å²) in [6.07, 6.45) is -0.663. The first-order valence-corrected chi connectivity index (χ1v) is 11.1. The molecule has 1 atom stereocenters. The lowest BCUT2D eigenvalue weighted by Crippen LogP contribution is -2.41. The van der Waals surface area contributed by atoms with Crippen LogP contribution >= 0.6 is 0 Å². The van der Waals surface area contributed by atoms with E-state index in [0.29, 0.717) is 16.9 Å². The van der Waals surface area contributed by atoms with Gasteiger partial charge in [0.2, 0.25) is 0 Å². The van der Waals surface area contributed by atoms with Crippen LogP contribution in [0.3, 0.4) is 0 Å². The Bertz CT molecular complexity index is 1200. The average molecular weight is 479 g/mol. The lowest BCUT2D eigenvalue weighted by atomic mass is 10.1. The molecule has 9 nitrogen and oxygen atoms in total. The van der Waals surface area contributed by atoms with Crippen LogP contribution in [0.2, 0.25) is 0 Å². The molecule has 1 unspecified atom stereocenters. The molecule has 0 spiro atoms. The van der Waals surface area contributed by atoms with Crippen LogP contribution < -0.4 is 10.2 Å². The van der Waals surface area contributed by atoms with Crippen LogP contribution in [0.15, 0.2) is 60.7 Å². The standard InChI is InChI=1S/C26H30N4O5/c1-17(24(32)34-6)27-22(31)20-21(18-13-9-7-10-14-18)28-30(19-15-11-8-12-16-19)23(20)29(5)25(33)35-26(2,3)4/h7-17H,1-6H3,(H,27,31). The Kier molecular flexibility index (Phi) is 7.58. The minimum Gasteiger partial charge on any atom is -0.467 e. The largest absolute Gasteiger partial charge is 0.467 e. The lowest BCUT2D eigenvalue weighted by Gasteiger charge is -2.25. The van der Waals surface area contributed by atoms with Crippen molar-refractivity contribution >= 4 is 23.8 Å². The molecule has 9 heteroatoms. The van der Waals surface area contributed by atoms with Gasteiger partial charge in [0.05, 0.1) is 12.8 Å². The Morgan fingerprint density at radius 2 is 1.57 bits per heavy atom. The highest BCUT2D eigenvalue weighted by Gasteiger charge is 2.33. The van der Waals surface area contributed by atoms with E-state index in [1.54, 1.807) is 20.8 Å². The van der Waals surface area contributed by atoms with Crippen molar-refractivity contribution in [1.82, 2.24) is 15.1 Å². The van der Waals surface area contributed by atoms with Crippen LogP contribution in [0.5, 0.6) is 0 Å². The van der Waals surface area contributed by atoms with Crippen LogP contribution in [0.1, 0.15) is 38.1 Å². The lowest BCUT2D eigenvalue weighted by molar-refractivity contribution is -0.142. The second-order valence-corrected chi connectivity index (χ2v) is 8.92. The van der Waals surface area contributed by atoms with Crippen molar-refractivity contribution in [2.45, 2.75) is 39.3 Å². The maximum absolute atomic E-state index is 13.6. The maximum atomic E-state index is 13.6. The van der Waals surface area contributed by atoms with E-state index in [0.717, 1.165) is 0 Å². The first-order chi connectivity index (χ1) is 16.5. The molecule has 0 saturated carbocycles. The molecule has 0 radical (unpaired) electrons. The summed E-state index contributed by atoms with van der Waals surface area (Å²) in [5.41, 5.74) is 0.998. The van der Waals surface area contributed by atoms with Gasteiger partial charge in [0.1, 0.15) is 22.9 Å². The normalized spacial score (nSPS) is 11.9. The van der Waals surface area contributed by atoms with E-state index in [-0.39, 0.29) is 11.4 Å². The van der Waals surface area contributed by atoms with E-state index in [2.05, 4.69) is 5.32 Å². The quantitative estimate of drug-likeness (QED) is 0.533. The summed E-state index contributed by atoms with van der Waals surface area (Å²) in [6.45, 7) is 6.79. The number of nitrogens with one attached hydrogen (secondary N) is 1. The molecule has 0 aliphatic rings. The van der Waals surface area contributed by atoms with Gasteiger partial charge in [0.15, 0.2) is 5.82 Å². The van der Waals surface area contributed by atoms with Crippen LogP contribution in [-0.2, 0) is 14.3 Å². The van der Waals surface area contributed by atoms with Crippen molar-refractivity contribution in [3.8, 4) is 16.9 Å². The Morgan fingerprint density at radius 3 is 2.11 bits per heavy atom. The number of carbonyl (C=O) groups excluding carboxylic acids is 3. The topological polar surface area (TPSA) is 103 Å². The number of carbonyl (C=O) groups is 3. The average Bonchev–Trinajstić information content (AvgIpc) is 3.23. The highest BCUT2D eigenvalue weighted by molar-refractivity contribution is 6.08. The van der Waals surface area contributed by atoms with Crippen LogP contribution in [0, 0.1) is 0 Å². The highest BCUT2D eigenvalue weighted by atomic mass is 16.6. The molecule has 1 heterocycles. The van der Waals surface area contributed by atoms with Gasteiger partial charge in [-0.15, -0.1) is 0 Å². The minimum atomic E-state index is -0.920. The number of ether oxygens (including phenoxy) is 2. The molecule has 35 heavy (non-hydrogen) atoms. The first kappa shape index (κ1) is 25.5. The zero-order chi connectivity index (χ0) is 25.8. The van der Waals surface area contributed by atoms with Crippen molar-refractivity contribution in [1.29, 1.82) is 0 Å². The SMILES string of the molecule is COC(=O)C(C)NC(=O)c1c(-c2ccccc2)nn(-c2ccccc2)c1N(C)C(=O)OC(C)(C)C. The van der Waals surface area contributed by atoms with Crippen molar-refractivity contribution in [2.24, 2.45) is 0 Å². The number of para-hydroxylation sites is 1. The molecule has 184 valence electrons. The Morgan fingerprint density at radius 1 is 1.00 bits per heavy atom. The number of benzene rings is 2. The van der Waals surface area contributed by atoms with E-state index >= 15 is 0 Å². The van der Waals surface area contributed by atoms with Crippen LogP contribution in [0.4, 0.5) is 10.6 Å². The van der Waals surface area contributed by atoms with Crippen molar-refractivity contribution < 1.29 is 23.9 Å². The minimum absolute atomic E-state index is 0.115. The zero-order valence-electron chi connectivity index (χ0n) is 20.7. The Balaban J connectivity index is 2.26. The third-order valence-corrected chi connectivity index (χ3v) is 5.02. The monoisotopic (exact) mass is 478 g/mol.